The highest BCUT2D eigenvalue weighted by atomic mass is 32.2. The molecule has 1 N–H and O–H groups in total. The van der Waals surface area contributed by atoms with E-state index < -0.39 is 32.4 Å². The molecule has 2 aliphatic rings. The maximum absolute atomic E-state index is 13.1. The van der Waals surface area contributed by atoms with Crippen LogP contribution < -0.4 is 0 Å². The van der Waals surface area contributed by atoms with Gasteiger partial charge in [0.1, 0.15) is 0 Å². The van der Waals surface area contributed by atoms with Gasteiger partial charge in [-0.15, -0.1) is 0 Å². The molecule has 1 aromatic rings. The third-order valence-corrected chi connectivity index (χ3v) is 7.67. The number of carboxylic acids is 1. The van der Waals surface area contributed by atoms with Gasteiger partial charge in [-0.25, -0.2) is 8.42 Å². The van der Waals surface area contributed by atoms with Crippen molar-refractivity contribution in [2.45, 2.75) is 36.3 Å². The molecule has 0 spiro atoms. The summed E-state index contributed by atoms with van der Waals surface area (Å²) in [5.74, 6) is -2.41. The van der Waals surface area contributed by atoms with Gasteiger partial charge in [0.25, 0.3) is 0 Å². The Morgan fingerprint density at radius 2 is 1.72 bits per heavy atom. The molecule has 2 atom stereocenters. The average Bonchev–Trinajstić information content (AvgIpc) is 3.22. The van der Waals surface area contributed by atoms with Crippen LogP contribution in [0.15, 0.2) is 30.3 Å². The Kier molecular flexibility index (Phi) is 4.62. The van der Waals surface area contributed by atoms with Gasteiger partial charge in [-0.2, -0.15) is 0 Å². The van der Waals surface area contributed by atoms with Gasteiger partial charge in [0.2, 0.25) is 5.91 Å². The fourth-order valence-corrected chi connectivity index (χ4v) is 5.71. The molecule has 1 saturated carbocycles. The summed E-state index contributed by atoms with van der Waals surface area (Å²) in [6.07, 6.45) is 3.19. The Balaban J connectivity index is 1.91. The number of hydrogen-bond acceptors (Lipinski definition) is 4. The zero-order valence-corrected chi connectivity index (χ0v) is 15.0. The maximum Gasteiger partial charge on any atom is 0.308 e. The van der Waals surface area contributed by atoms with Crippen LogP contribution in [0.25, 0.3) is 0 Å². The minimum absolute atomic E-state index is 0.0605. The van der Waals surface area contributed by atoms with Crippen LogP contribution in [0.2, 0.25) is 0 Å². The number of sulfone groups is 1. The van der Waals surface area contributed by atoms with Crippen LogP contribution in [-0.4, -0.2) is 54.4 Å². The quantitative estimate of drug-likeness (QED) is 0.876. The molecule has 7 heteroatoms. The molecule has 0 bridgehead atoms. The smallest absolute Gasteiger partial charge is 0.308 e. The molecule has 0 aromatic heterocycles. The summed E-state index contributed by atoms with van der Waals surface area (Å²) >= 11 is 0. The molecule has 3 rings (SSSR count). The van der Waals surface area contributed by atoms with Crippen LogP contribution in [0.5, 0.6) is 0 Å². The monoisotopic (exact) mass is 365 g/mol. The number of carbonyl (C=O) groups excluding carboxylic acids is 1. The molecule has 1 aromatic carbocycles. The van der Waals surface area contributed by atoms with E-state index in [0.717, 1.165) is 11.8 Å². The molecule has 1 aliphatic heterocycles. The molecule has 1 heterocycles. The first kappa shape index (κ1) is 17.9. The number of nitrogens with zero attached hydrogens (tertiary/aromatic N) is 1. The Bertz CT molecular complexity index is 768. The number of carbonyl (C=O) groups is 2. The van der Waals surface area contributed by atoms with E-state index in [1.165, 1.54) is 4.90 Å². The Hall–Kier alpha value is -1.89. The second-order valence-electron chi connectivity index (χ2n) is 7.15. The zero-order valence-electron chi connectivity index (χ0n) is 14.2. The number of amides is 1. The topological polar surface area (TPSA) is 91.8 Å². The van der Waals surface area contributed by atoms with Crippen molar-refractivity contribution in [2.24, 2.45) is 5.92 Å². The third kappa shape index (κ3) is 3.05. The molecule has 6 nitrogen and oxygen atoms in total. The van der Waals surface area contributed by atoms with Gasteiger partial charge in [0, 0.05) is 25.3 Å². The summed E-state index contributed by atoms with van der Waals surface area (Å²) in [4.78, 5) is 26.3. The zero-order chi connectivity index (χ0) is 18.2. The number of hydrogen-bond donors (Lipinski definition) is 1. The Labute approximate surface area is 147 Å². The van der Waals surface area contributed by atoms with E-state index in [0.29, 0.717) is 25.7 Å². The summed E-state index contributed by atoms with van der Waals surface area (Å²) in [7, 11) is -3.56. The van der Waals surface area contributed by atoms with Crippen LogP contribution in [0.3, 0.4) is 0 Å². The van der Waals surface area contributed by atoms with Crippen molar-refractivity contribution in [2.75, 3.05) is 19.3 Å². The first-order valence-corrected chi connectivity index (χ1v) is 10.4. The summed E-state index contributed by atoms with van der Waals surface area (Å²) in [6, 6.07) is 9.25. The second kappa shape index (κ2) is 6.44. The largest absolute Gasteiger partial charge is 0.481 e. The van der Waals surface area contributed by atoms with E-state index in [1.807, 2.05) is 30.3 Å². The fraction of sp³-hybridized carbons (Fsp3) is 0.556. The SMILES string of the molecule is CS(=O)(=O)C1(C(=O)N2C[C@H](C(=O)O)[C@H](c3ccccc3)C2)CCCC1. The van der Waals surface area contributed by atoms with Crippen LogP contribution in [-0.2, 0) is 19.4 Å². The highest BCUT2D eigenvalue weighted by Crippen LogP contribution is 2.41. The van der Waals surface area contributed by atoms with E-state index in [1.54, 1.807) is 0 Å². The van der Waals surface area contributed by atoms with E-state index in [-0.39, 0.29) is 19.0 Å². The minimum atomic E-state index is -3.56. The van der Waals surface area contributed by atoms with Gasteiger partial charge in [-0.1, -0.05) is 43.2 Å². The van der Waals surface area contributed by atoms with Crippen molar-refractivity contribution in [3.63, 3.8) is 0 Å². The number of likely N-dealkylation sites (tertiary alicyclic amines) is 1. The number of benzene rings is 1. The van der Waals surface area contributed by atoms with Crippen LogP contribution >= 0.6 is 0 Å². The van der Waals surface area contributed by atoms with Crippen LogP contribution in [0, 0.1) is 5.92 Å². The van der Waals surface area contributed by atoms with E-state index >= 15 is 0 Å². The predicted molar refractivity (Wildman–Crippen MR) is 92.9 cm³/mol. The predicted octanol–water partition coefficient (Wildman–Crippen LogP) is 1.67. The van der Waals surface area contributed by atoms with Gasteiger partial charge >= 0.3 is 5.97 Å². The molecule has 136 valence electrons. The van der Waals surface area contributed by atoms with Gasteiger partial charge in [-0.05, 0) is 18.4 Å². The number of carboxylic acid groups (broad SMARTS) is 1. The lowest BCUT2D eigenvalue weighted by atomic mass is 9.89. The third-order valence-electron chi connectivity index (χ3n) is 5.66. The lowest BCUT2D eigenvalue weighted by molar-refractivity contribution is -0.142. The Morgan fingerprint density at radius 3 is 2.24 bits per heavy atom. The van der Waals surface area contributed by atoms with Crippen molar-refractivity contribution in [1.29, 1.82) is 0 Å². The lowest BCUT2D eigenvalue weighted by Crippen LogP contribution is -2.51. The van der Waals surface area contributed by atoms with Gasteiger partial charge in [0.15, 0.2) is 14.6 Å². The molecule has 1 saturated heterocycles. The summed E-state index contributed by atoms with van der Waals surface area (Å²) in [5.41, 5.74) is 0.866. The van der Waals surface area contributed by atoms with Crippen molar-refractivity contribution in [1.82, 2.24) is 4.90 Å². The molecule has 2 fully saturated rings. The summed E-state index contributed by atoms with van der Waals surface area (Å²) in [6.45, 7) is 0.308. The first-order valence-electron chi connectivity index (χ1n) is 8.53. The molecular weight excluding hydrogens is 342 g/mol. The average molecular weight is 365 g/mol. The first-order chi connectivity index (χ1) is 11.8. The molecule has 25 heavy (non-hydrogen) atoms. The van der Waals surface area contributed by atoms with Crippen LogP contribution in [0.4, 0.5) is 0 Å². The highest BCUT2D eigenvalue weighted by molar-refractivity contribution is 7.92. The van der Waals surface area contributed by atoms with Gasteiger partial charge in [-0.3, -0.25) is 9.59 Å². The van der Waals surface area contributed by atoms with Crippen LogP contribution in [0.1, 0.15) is 37.2 Å². The molecular formula is C18H23NO5S. The summed E-state index contributed by atoms with van der Waals surface area (Å²) < 4.78 is 23.3. The number of aliphatic carboxylic acids is 1. The fourth-order valence-electron chi connectivity index (χ4n) is 4.24. The molecule has 0 unspecified atom stereocenters. The van der Waals surface area contributed by atoms with Crippen molar-refractivity contribution in [3.8, 4) is 0 Å². The second-order valence-corrected chi connectivity index (χ2v) is 9.47. The van der Waals surface area contributed by atoms with E-state index in [2.05, 4.69) is 0 Å². The molecule has 1 amide bonds. The lowest BCUT2D eigenvalue weighted by Gasteiger charge is -2.30. The summed E-state index contributed by atoms with van der Waals surface area (Å²) in [5, 5.41) is 9.58. The Morgan fingerprint density at radius 1 is 1.12 bits per heavy atom. The van der Waals surface area contributed by atoms with Gasteiger partial charge < -0.3 is 10.0 Å². The maximum atomic E-state index is 13.1. The standard InChI is InChI=1S/C18H23NO5S/c1-25(23,24)18(9-5-6-10-18)17(22)19-11-14(15(12-19)16(20)21)13-7-3-2-4-8-13/h2-4,7-8,14-15H,5-6,9-12H2,1H3,(H,20,21)/t14-,15-/m0/s1. The molecule has 0 radical (unpaired) electrons. The van der Waals surface area contributed by atoms with E-state index in [9.17, 15) is 23.1 Å². The van der Waals surface area contributed by atoms with Crippen molar-refractivity contribution < 1.29 is 23.1 Å². The van der Waals surface area contributed by atoms with Crippen molar-refractivity contribution >= 4 is 21.7 Å². The highest BCUT2D eigenvalue weighted by Gasteiger charge is 2.54. The minimum Gasteiger partial charge on any atom is -0.481 e. The van der Waals surface area contributed by atoms with Gasteiger partial charge in [0.05, 0.1) is 5.92 Å². The molecule has 1 aliphatic carbocycles. The normalized spacial score (nSPS) is 25.9. The van der Waals surface area contributed by atoms with Crippen molar-refractivity contribution in [3.05, 3.63) is 35.9 Å². The number of rotatable bonds is 4. The van der Waals surface area contributed by atoms with E-state index in [4.69, 9.17) is 0 Å².